The van der Waals surface area contributed by atoms with Crippen molar-refractivity contribution in [2.75, 3.05) is 11.9 Å². The molecule has 0 saturated heterocycles. The summed E-state index contributed by atoms with van der Waals surface area (Å²) in [4.78, 5) is 4.65. The number of aryl methyl sites for hydroxylation is 1. The molecule has 1 heterocycles. The average Bonchev–Trinajstić information content (AvgIpc) is 2.68. The number of hydrogen-bond donors (Lipinski definition) is 1. The summed E-state index contributed by atoms with van der Waals surface area (Å²) in [5.74, 6) is 1.91. The first kappa shape index (κ1) is 16.4. The topological polar surface area (TPSA) is 24.9 Å². The van der Waals surface area contributed by atoms with Gasteiger partial charge in [-0.15, -0.1) is 0 Å². The Morgan fingerprint density at radius 3 is 2.72 bits per heavy atom. The monoisotopic (exact) mass is 332 g/mol. The van der Waals surface area contributed by atoms with E-state index in [0.29, 0.717) is 0 Å². The van der Waals surface area contributed by atoms with Gasteiger partial charge in [0.2, 0.25) is 0 Å². The Morgan fingerprint density at radius 2 is 1.92 bits per heavy atom. The van der Waals surface area contributed by atoms with Crippen molar-refractivity contribution in [1.82, 2.24) is 4.98 Å². The number of rotatable bonds is 4. The van der Waals surface area contributed by atoms with Gasteiger partial charge in [-0.2, -0.15) is 0 Å². The van der Waals surface area contributed by atoms with Crippen LogP contribution in [0.1, 0.15) is 55.7 Å². The third-order valence-electron chi connectivity index (χ3n) is 6.16. The van der Waals surface area contributed by atoms with Gasteiger partial charge in [-0.1, -0.05) is 49.4 Å². The van der Waals surface area contributed by atoms with Crippen LogP contribution in [0.5, 0.6) is 0 Å². The summed E-state index contributed by atoms with van der Waals surface area (Å²) in [5.41, 5.74) is 4.43. The molecule has 1 N–H and O–H groups in total. The molecule has 0 unspecified atom stereocenters. The predicted octanol–water partition coefficient (Wildman–Crippen LogP) is 5.60. The fourth-order valence-corrected chi connectivity index (χ4v) is 4.42. The quantitative estimate of drug-likeness (QED) is 0.788. The van der Waals surface area contributed by atoms with Gasteiger partial charge in [0.1, 0.15) is 5.82 Å². The summed E-state index contributed by atoms with van der Waals surface area (Å²) >= 11 is 0. The van der Waals surface area contributed by atoms with Gasteiger partial charge < -0.3 is 5.32 Å². The highest BCUT2D eigenvalue weighted by Crippen LogP contribution is 2.42. The van der Waals surface area contributed by atoms with Gasteiger partial charge in [0.15, 0.2) is 0 Å². The lowest BCUT2D eigenvalue weighted by atomic mass is 9.67. The molecule has 2 aromatic rings. The zero-order valence-electron chi connectivity index (χ0n) is 15.2. The van der Waals surface area contributed by atoms with Gasteiger partial charge in [0, 0.05) is 23.7 Å². The van der Waals surface area contributed by atoms with Gasteiger partial charge in [-0.05, 0) is 61.6 Å². The number of anilines is 1. The Balaban J connectivity index is 1.60. The van der Waals surface area contributed by atoms with Crippen molar-refractivity contribution in [1.29, 1.82) is 0 Å². The first-order chi connectivity index (χ1) is 12.3. The molecule has 1 aromatic heterocycles. The number of hydrogen-bond acceptors (Lipinski definition) is 2. The number of benzene rings is 1. The van der Waals surface area contributed by atoms with E-state index in [1.54, 1.807) is 0 Å². The van der Waals surface area contributed by atoms with Crippen LogP contribution in [0.3, 0.4) is 0 Å². The Kier molecular flexibility index (Phi) is 4.61. The lowest BCUT2D eigenvalue weighted by Gasteiger charge is -2.40. The third kappa shape index (κ3) is 3.35. The Morgan fingerprint density at radius 1 is 1.12 bits per heavy atom. The van der Waals surface area contributed by atoms with Crippen LogP contribution >= 0.6 is 0 Å². The lowest BCUT2D eigenvalue weighted by Crippen LogP contribution is -2.38. The summed E-state index contributed by atoms with van der Waals surface area (Å²) in [6.45, 7) is 3.36. The summed E-state index contributed by atoms with van der Waals surface area (Å²) in [5, 5.41) is 3.73. The van der Waals surface area contributed by atoms with E-state index in [1.165, 1.54) is 42.4 Å². The van der Waals surface area contributed by atoms with E-state index in [1.807, 2.05) is 6.20 Å². The molecular weight excluding hydrogens is 304 g/mol. The Labute approximate surface area is 151 Å². The van der Waals surface area contributed by atoms with Crippen molar-refractivity contribution in [3.05, 3.63) is 65.4 Å². The molecule has 0 amide bonds. The first-order valence-corrected chi connectivity index (χ1v) is 9.71. The second kappa shape index (κ2) is 7.03. The maximum Gasteiger partial charge on any atom is 0.133 e. The molecule has 0 aliphatic heterocycles. The highest BCUT2D eigenvalue weighted by molar-refractivity contribution is 5.67. The van der Waals surface area contributed by atoms with Gasteiger partial charge in [-0.3, -0.25) is 0 Å². The standard InChI is InChI=1S/C23H28N2/c1-18-11-14-23(15-12-18,20-8-3-2-4-9-20)17-25-22-21-10-6-5-7-19(21)13-16-24-22/h2-4,6,8-10,13,16,18H,5,7,11-12,14-15,17H2,1H3,(H,24,25). The lowest BCUT2D eigenvalue weighted by molar-refractivity contribution is 0.252. The van der Waals surface area contributed by atoms with Gasteiger partial charge in [-0.25, -0.2) is 4.98 Å². The molecule has 0 radical (unpaired) electrons. The zero-order chi connectivity index (χ0) is 17.1. The number of pyridine rings is 1. The number of nitrogens with zero attached hydrogens (tertiary/aromatic N) is 1. The molecule has 1 aromatic carbocycles. The Bertz CT molecular complexity index is 740. The molecule has 2 aliphatic carbocycles. The summed E-state index contributed by atoms with van der Waals surface area (Å²) in [7, 11) is 0. The first-order valence-electron chi connectivity index (χ1n) is 9.71. The molecule has 2 nitrogen and oxygen atoms in total. The average molecular weight is 332 g/mol. The minimum atomic E-state index is 0.233. The van der Waals surface area contributed by atoms with E-state index in [9.17, 15) is 0 Å². The van der Waals surface area contributed by atoms with Crippen molar-refractivity contribution in [2.45, 2.75) is 50.9 Å². The second-order valence-corrected chi connectivity index (χ2v) is 7.86. The third-order valence-corrected chi connectivity index (χ3v) is 6.16. The largest absolute Gasteiger partial charge is 0.369 e. The van der Waals surface area contributed by atoms with Crippen molar-refractivity contribution < 1.29 is 0 Å². The van der Waals surface area contributed by atoms with E-state index in [4.69, 9.17) is 0 Å². The Hall–Kier alpha value is -2.09. The maximum atomic E-state index is 4.65. The SMILES string of the molecule is CC1CCC(CNc2nccc3c2C=CCC3)(c2ccccc2)CC1. The molecule has 4 rings (SSSR count). The van der Waals surface area contributed by atoms with E-state index in [0.717, 1.165) is 31.1 Å². The van der Waals surface area contributed by atoms with E-state index in [2.05, 4.69) is 65.8 Å². The van der Waals surface area contributed by atoms with Crippen molar-refractivity contribution in [3.63, 3.8) is 0 Å². The molecule has 2 heteroatoms. The normalized spacial score (nSPS) is 25.4. The predicted molar refractivity (Wildman–Crippen MR) is 106 cm³/mol. The molecule has 1 saturated carbocycles. The molecular formula is C23H28N2. The fourth-order valence-electron chi connectivity index (χ4n) is 4.42. The van der Waals surface area contributed by atoms with E-state index < -0.39 is 0 Å². The highest BCUT2D eigenvalue weighted by atomic mass is 15.0. The van der Waals surface area contributed by atoms with Crippen LogP contribution in [0.4, 0.5) is 5.82 Å². The van der Waals surface area contributed by atoms with Crippen LogP contribution in [0.2, 0.25) is 0 Å². The summed E-state index contributed by atoms with van der Waals surface area (Å²) < 4.78 is 0. The minimum Gasteiger partial charge on any atom is -0.369 e. The molecule has 1 fully saturated rings. The number of nitrogens with one attached hydrogen (secondary N) is 1. The molecule has 25 heavy (non-hydrogen) atoms. The van der Waals surface area contributed by atoms with Crippen LogP contribution in [0.25, 0.3) is 6.08 Å². The van der Waals surface area contributed by atoms with Crippen molar-refractivity contribution in [2.24, 2.45) is 5.92 Å². The van der Waals surface area contributed by atoms with Gasteiger partial charge in [0.25, 0.3) is 0 Å². The van der Waals surface area contributed by atoms with Gasteiger partial charge >= 0.3 is 0 Å². The maximum absolute atomic E-state index is 4.65. The smallest absolute Gasteiger partial charge is 0.133 e. The van der Waals surface area contributed by atoms with Crippen molar-refractivity contribution in [3.8, 4) is 0 Å². The summed E-state index contributed by atoms with van der Waals surface area (Å²) in [6, 6.07) is 13.3. The molecule has 2 aliphatic rings. The summed E-state index contributed by atoms with van der Waals surface area (Å²) in [6.07, 6.45) is 13.9. The van der Waals surface area contributed by atoms with Crippen LogP contribution in [-0.2, 0) is 11.8 Å². The van der Waals surface area contributed by atoms with Crippen LogP contribution in [-0.4, -0.2) is 11.5 Å². The van der Waals surface area contributed by atoms with Crippen molar-refractivity contribution >= 4 is 11.9 Å². The van der Waals surface area contributed by atoms with Crippen LogP contribution < -0.4 is 5.32 Å². The second-order valence-electron chi connectivity index (χ2n) is 7.86. The van der Waals surface area contributed by atoms with E-state index >= 15 is 0 Å². The number of aromatic nitrogens is 1. The molecule has 0 atom stereocenters. The van der Waals surface area contributed by atoms with Crippen LogP contribution in [0, 0.1) is 5.92 Å². The molecule has 0 spiro atoms. The minimum absolute atomic E-state index is 0.233. The number of allylic oxidation sites excluding steroid dienone is 1. The fraction of sp³-hybridized carbons (Fsp3) is 0.435. The van der Waals surface area contributed by atoms with Gasteiger partial charge in [0.05, 0.1) is 0 Å². The highest BCUT2D eigenvalue weighted by Gasteiger charge is 2.35. The number of fused-ring (bicyclic) bond motifs is 1. The van der Waals surface area contributed by atoms with E-state index in [-0.39, 0.29) is 5.41 Å². The van der Waals surface area contributed by atoms with Crippen LogP contribution in [0.15, 0.2) is 48.7 Å². The zero-order valence-corrected chi connectivity index (χ0v) is 15.2. The molecule has 130 valence electrons. The molecule has 0 bridgehead atoms.